The molecule has 0 fully saturated rings. The number of nitrogens with two attached hydrogens (primary N) is 2. The number of carbonyl (C=O) groups excluding carboxylic acids is 4. The van der Waals surface area contributed by atoms with Crippen molar-refractivity contribution in [1.82, 2.24) is 14.5 Å². The number of imidazole rings is 1. The number of carbonyl (C=O) groups is 4. The molecule has 0 aliphatic heterocycles. The molecule has 4 rings (SSSR count). The summed E-state index contributed by atoms with van der Waals surface area (Å²) >= 11 is 0. The van der Waals surface area contributed by atoms with Crippen molar-refractivity contribution in [3.05, 3.63) is 83.8 Å². The summed E-state index contributed by atoms with van der Waals surface area (Å²) in [5.41, 5.74) is 14.8. The van der Waals surface area contributed by atoms with E-state index >= 15 is 0 Å². The molecule has 2 amide bonds. The van der Waals surface area contributed by atoms with E-state index in [4.69, 9.17) is 30.7 Å². The molecule has 2 heterocycles. The Kier molecular flexibility index (Phi) is 13.0. The van der Waals surface area contributed by atoms with Crippen LogP contribution in [0.1, 0.15) is 48.9 Å². The number of aryl methyl sites for hydroxylation is 1. The second-order valence-electron chi connectivity index (χ2n) is 11.5. The lowest BCUT2D eigenvalue weighted by Gasteiger charge is -2.21. The van der Waals surface area contributed by atoms with E-state index in [0.29, 0.717) is 29.0 Å². The fourth-order valence-electron chi connectivity index (χ4n) is 4.74. The molecule has 0 saturated carbocycles. The van der Waals surface area contributed by atoms with Crippen molar-refractivity contribution in [2.75, 3.05) is 36.6 Å². The van der Waals surface area contributed by atoms with Gasteiger partial charge in [0.2, 0.25) is 0 Å². The van der Waals surface area contributed by atoms with Crippen molar-refractivity contribution < 1.29 is 33.4 Å². The molecule has 0 saturated heterocycles. The molecule has 0 aliphatic carbocycles. The quantitative estimate of drug-likeness (QED) is 0.0540. The Labute approximate surface area is 289 Å². The largest absolute Gasteiger partial charge is 0.466 e. The van der Waals surface area contributed by atoms with Gasteiger partial charge in [0.15, 0.2) is 0 Å². The molecule has 15 heteroatoms. The Hall–Kier alpha value is -5.83. The average Bonchev–Trinajstić information content (AvgIpc) is 3.43. The number of pyridine rings is 1. The molecule has 0 bridgehead atoms. The molecule has 1 atom stereocenters. The normalized spacial score (nSPS) is 12.0. The van der Waals surface area contributed by atoms with Crippen molar-refractivity contribution in [2.24, 2.45) is 29.4 Å². The summed E-state index contributed by atoms with van der Waals surface area (Å²) in [6.45, 7) is 5.74. The Morgan fingerprint density at radius 2 is 1.70 bits per heavy atom. The molecule has 5 N–H and O–H groups in total. The van der Waals surface area contributed by atoms with Gasteiger partial charge in [0.05, 0.1) is 30.6 Å². The number of hydrogen-bond donors (Lipinski definition) is 3. The summed E-state index contributed by atoms with van der Waals surface area (Å²) < 4.78 is 16.9. The molecule has 0 radical (unpaired) electrons. The lowest BCUT2D eigenvalue weighted by atomic mass is 10.1. The zero-order chi connectivity index (χ0) is 36.2. The van der Waals surface area contributed by atoms with Crippen molar-refractivity contribution in [3.8, 4) is 0 Å². The van der Waals surface area contributed by atoms with E-state index in [9.17, 15) is 19.2 Å². The fraction of sp³-hybridized carbons (Fsp3) is 0.343. The van der Waals surface area contributed by atoms with E-state index in [1.54, 1.807) is 81.6 Å². The Balaban J connectivity index is 1.36. The molecular formula is C35H42N8O7. The van der Waals surface area contributed by atoms with Gasteiger partial charge < -0.3 is 35.6 Å². The molecule has 2 aromatic heterocycles. The van der Waals surface area contributed by atoms with Crippen LogP contribution in [0.15, 0.2) is 71.9 Å². The van der Waals surface area contributed by atoms with Gasteiger partial charge in [0.1, 0.15) is 36.7 Å². The average molecular weight is 687 g/mol. The van der Waals surface area contributed by atoms with E-state index in [1.807, 2.05) is 17.7 Å². The predicted molar refractivity (Wildman–Crippen MR) is 187 cm³/mol. The highest BCUT2D eigenvalue weighted by Crippen LogP contribution is 2.21. The van der Waals surface area contributed by atoms with Crippen LogP contribution in [0.5, 0.6) is 0 Å². The number of anilines is 2. The number of rotatable bonds is 15. The molecule has 4 aromatic rings. The first-order valence-electron chi connectivity index (χ1n) is 16.1. The number of fused-ring (bicyclic) bond motifs is 1. The fourth-order valence-corrected chi connectivity index (χ4v) is 4.74. The van der Waals surface area contributed by atoms with Crippen LogP contribution in [0.3, 0.4) is 0 Å². The maximum Gasteiger partial charge on any atom is 0.435 e. The van der Waals surface area contributed by atoms with Crippen molar-refractivity contribution in [2.45, 2.75) is 39.8 Å². The summed E-state index contributed by atoms with van der Waals surface area (Å²) in [7, 11) is 1.89. The lowest BCUT2D eigenvalue weighted by molar-refractivity contribution is -0.147. The van der Waals surface area contributed by atoms with Crippen LogP contribution >= 0.6 is 0 Å². The first-order chi connectivity index (χ1) is 24.0. The van der Waals surface area contributed by atoms with Crippen LogP contribution in [0.25, 0.3) is 11.0 Å². The zero-order valence-electron chi connectivity index (χ0n) is 28.5. The highest BCUT2D eigenvalue weighted by molar-refractivity contribution is 6.07. The highest BCUT2D eigenvalue weighted by atomic mass is 16.6. The summed E-state index contributed by atoms with van der Waals surface area (Å²) in [6.07, 6.45) is 0.700. The third-order valence-corrected chi connectivity index (χ3v) is 7.62. The smallest absolute Gasteiger partial charge is 0.435 e. The molecule has 0 aliphatic rings. The number of nitrogens with one attached hydrogen (secondary N) is 1. The van der Waals surface area contributed by atoms with Crippen LogP contribution in [0, 0.1) is 5.92 Å². The molecule has 15 nitrogen and oxygen atoms in total. The number of ether oxygens (including phenoxy) is 3. The van der Waals surface area contributed by atoms with E-state index in [1.165, 1.54) is 4.90 Å². The highest BCUT2D eigenvalue weighted by Gasteiger charge is 2.22. The van der Waals surface area contributed by atoms with Crippen molar-refractivity contribution in [1.29, 1.82) is 0 Å². The van der Waals surface area contributed by atoms with Gasteiger partial charge in [-0.2, -0.15) is 4.99 Å². The number of aliphatic imine (C=N–C) groups is 1. The third-order valence-electron chi connectivity index (χ3n) is 7.62. The molecule has 264 valence electrons. The first kappa shape index (κ1) is 37.0. The van der Waals surface area contributed by atoms with Gasteiger partial charge >= 0.3 is 18.0 Å². The van der Waals surface area contributed by atoms with Gasteiger partial charge in [-0.25, -0.2) is 14.8 Å². The molecule has 2 aromatic carbocycles. The second kappa shape index (κ2) is 17.5. The van der Waals surface area contributed by atoms with Crippen molar-refractivity contribution in [3.63, 3.8) is 0 Å². The minimum absolute atomic E-state index is 0.0274. The molecule has 50 heavy (non-hydrogen) atoms. The monoisotopic (exact) mass is 686 g/mol. The SMILES string of the molecule is CCOC(=O)CCN(C(=O)c1ccc2c(c1)nc(CNc1ccc(/C(N)=N/C(=O)OCCOC(=O)[C@@H](N)C(C)C)cc1)n2C)c1ccccn1. The molecule has 0 spiro atoms. The van der Waals surface area contributed by atoms with E-state index in [0.717, 1.165) is 17.0 Å². The number of esters is 2. The Morgan fingerprint density at radius 1 is 0.980 bits per heavy atom. The van der Waals surface area contributed by atoms with Gasteiger partial charge in [-0.15, -0.1) is 0 Å². The van der Waals surface area contributed by atoms with Crippen LogP contribution < -0.4 is 21.7 Å². The number of benzene rings is 2. The maximum absolute atomic E-state index is 13.6. The van der Waals surface area contributed by atoms with Gasteiger partial charge in [-0.05, 0) is 67.4 Å². The molecule has 0 unspecified atom stereocenters. The van der Waals surface area contributed by atoms with Crippen LogP contribution in [-0.4, -0.2) is 76.7 Å². The number of amides is 2. The number of aromatic nitrogens is 3. The topological polar surface area (TPSA) is 206 Å². The number of nitrogens with zero attached hydrogens (tertiary/aromatic N) is 5. The number of amidine groups is 1. The van der Waals surface area contributed by atoms with Gasteiger partial charge in [-0.1, -0.05) is 19.9 Å². The Bertz CT molecular complexity index is 1820. The zero-order valence-corrected chi connectivity index (χ0v) is 28.5. The van der Waals surface area contributed by atoms with Gasteiger partial charge in [-0.3, -0.25) is 19.3 Å². The van der Waals surface area contributed by atoms with Crippen molar-refractivity contribution >= 4 is 52.3 Å². The summed E-state index contributed by atoms with van der Waals surface area (Å²) in [6, 6.07) is 16.7. The van der Waals surface area contributed by atoms with Crippen LogP contribution in [-0.2, 0) is 37.4 Å². The summed E-state index contributed by atoms with van der Waals surface area (Å²) in [5.74, 6) is -0.253. The molecular weight excluding hydrogens is 644 g/mol. The third kappa shape index (κ3) is 9.85. The minimum atomic E-state index is -0.915. The van der Waals surface area contributed by atoms with Gasteiger partial charge in [0, 0.05) is 36.6 Å². The lowest BCUT2D eigenvalue weighted by Crippen LogP contribution is -2.37. The summed E-state index contributed by atoms with van der Waals surface area (Å²) in [4.78, 5) is 63.8. The van der Waals surface area contributed by atoms with E-state index < -0.39 is 24.1 Å². The first-order valence-corrected chi connectivity index (χ1v) is 16.1. The van der Waals surface area contributed by atoms with Crippen LogP contribution in [0.4, 0.5) is 16.3 Å². The summed E-state index contributed by atoms with van der Waals surface area (Å²) in [5, 5.41) is 3.31. The predicted octanol–water partition coefficient (Wildman–Crippen LogP) is 3.55. The van der Waals surface area contributed by atoms with E-state index in [2.05, 4.69) is 15.3 Å². The maximum atomic E-state index is 13.6. The second-order valence-corrected chi connectivity index (χ2v) is 11.5. The number of hydrogen-bond acceptors (Lipinski definition) is 11. The van der Waals surface area contributed by atoms with Gasteiger partial charge in [0.25, 0.3) is 5.91 Å². The van der Waals surface area contributed by atoms with E-state index in [-0.39, 0.29) is 50.4 Å². The van der Waals surface area contributed by atoms with Crippen LogP contribution in [0.2, 0.25) is 0 Å². The minimum Gasteiger partial charge on any atom is -0.466 e. The standard InChI is InChI=1S/C35H42N8O7/c1-5-48-30(44)15-17-43(28-8-6-7-16-38-28)33(45)24-11-14-27-26(20-24)40-29(42(27)4)21-39-25-12-9-23(10-13-25)32(37)41-35(47)50-19-18-49-34(46)31(36)22(2)3/h6-14,16,20,22,31,39H,5,15,17-19,21,36H2,1-4H3,(H2,37,41,47)/t31-/m0/s1. The Morgan fingerprint density at radius 3 is 2.38 bits per heavy atom.